The second kappa shape index (κ2) is 6.89. The van der Waals surface area contributed by atoms with Crippen LogP contribution >= 0.6 is 11.6 Å². The Morgan fingerprint density at radius 3 is 2.74 bits per heavy atom. The van der Waals surface area contributed by atoms with Crippen molar-refractivity contribution < 1.29 is 9.31 Å². The van der Waals surface area contributed by atoms with Crippen LogP contribution in [0.25, 0.3) is 0 Å². The summed E-state index contributed by atoms with van der Waals surface area (Å²) in [6.45, 7) is 0.114. The van der Waals surface area contributed by atoms with Gasteiger partial charge in [0.2, 0.25) is 0 Å². The van der Waals surface area contributed by atoms with Crippen LogP contribution in [0.5, 0.6) is 0 Å². The number of benzene rings is 1. The molecule has 2 aromatic rings. The zero-order valence-electron chi connectivity index (χ0n) is 11.6. The molecular weight excluding hydrogens is 327 g/mol. The number of aromatic nitrogens is 1. The van der Waals surface area contributed by atoms with Crippen molar-refractivity contribution in [1.82, 2.24) is 4.57 Å². The molecule has 0 saturated carbocycles. The van der Waals surface area contributed by atoms with Crippen LogP contribution in [0, 0.1) is 27.4 Å². The van der Waals surface area contributed by atoms with Crippen LogP contribution < -0.4 is 10.5 Å². The maximum atomic E-state index is 13.1. The molecule has 0 aliphatic rings. The van der Waals surface area contributed by atoms with Gasteiger partial charge in [-0.25, -0.2) is 4.39 Å². The molecule has 118 valence electrons. The van der Waals surface area contributed by atoms with E-state index in [1.165, 1.54) is 17.0 Å². The number of nitro groups is 1. The fraction of sp³-hybridized carbons (Fsp3) is 0.143. The summed E-state index contributed by atoms with van der Waals surface area (Å²) in [6.07, 6.45) is 3.00. The molecule has 0 spiro atoms. The van der Waals surface area contributed by atoms with E-state index in [4.69, 9.17) is 11.6 Å². The quantitative estimate of drug-likeness (QED) is 0.362. The van der Waals surface area contributed by atoms with Gasteiger partial charge in [0, 0.05) is 18.7 Å². The molecule has 0 aliphatic heterocycles. The molecule has 0 atom stereocenters. The van der Waals surface area contributed by atoms with E-state index in [9.17, 15) is 24.6 Å². The Bertz CT molecular complexity index is 847. The van der Waals surface area contributed by atoms with Crippen molar-refractivity contribution in [2.75, 3.05) is 11.4 Å². The molecule has 0 radical (unpaired) electrons. The van der Waals surface area contributed by atoms with Gasteiger partial charge < -0.3 is 4.57 Å². The van der Waals surface area contributed by atoms with Crippen molar-refractivity contribution in [3.05, 3.63) is 67.8 Å². The maximum Gasteiger partial charge on any atom is 0.285 e. The van der Waals surface area contributed by atoms with E-state index in [0.717, 1.165) is 29.0 Å². The topological polar surface area (TPSA) is 92.2 Å². The summed E-state index contributed by atoms with van der Waals surface area (Å²) in [5, 5.41) is 19.8. The van der Waals surface area contributed by atoms with Crippen LogP contribution in [0.1, 0.15) is 0 Å². The second-order valence-corrected chi connectivity index (χ2v) is 4.93. The van der Waals surface area contributed by atoms with Crippen LogP contribution in [0.3, 0.4) is 0 Å². The average molecular weight is 337 g/mol. The minimum atomic E-state index is -0.613. The number of pyridine rings is 1. The first-order valence-electron chi connectivity index (χ1n) is 6.39. The molecule has 0 unspecified atom stereocenters. The van der Waals surface area contributed by atoms with Gasteiger partial charge in [-0.1, -0.05) is 11.6 Å². The number of nitrogens with zero attached hydrogens (tertiary/aromatic N) is 4. The minimum Gasteiger partial charge on any atom is -0.307 e. The minimum absolute atomic E-state index is 0.0447. The molecule has 0 bridgehead atoms. The third-order valence-corrected chi connectivity index (χ3v) is 3.37. The fourth-order valence-corrected chi connectivity index (χ4v) is 2.07. The number of nitriles is 1. The monoisotopic (exact) mass is 336 g/mol. The average Bonchev–Trinajstić information content (AvgIpc) is 2.52. The summed E-state index contributed by atoms with van der Waals surface area (Å²) in [4.78, 5) is 23.0. The lowest BCUT2D eigenvalue weighted by atomic mass is 10.3. The molecule has 23 heavy (non-hydrogen) atoms. The van der Waals surface area contributed by atoms with Gasteiger partial charge >= 0.3 is 0 Å². The van der Waals surface area contributed by atoms with Gasteiger partial charge in [0.05, 0.1) is 28.4 Å². The largest absolute Gasteiger partial charge is 0.307 e. The van der Waals surface area contributed by atoms with Crippen molar-refractivity contribution in [1.29, 1.82) is 5.26 Å². The van der Waals surface area contributed by atoms with Gasteiger partial charge in [0.1, 0.15) is 5.82 Å². The van der Waals surface area contributed by atoms with Crippen molar-refractivity contribution in [3.63, 3.8) is 0 Å². The number of halogens is 2. The van der Waals surface area contributed by atoms with E-state index >= 15 is 0 Å². The van der Waals surface area contributed by atoms with Gasteiger partial charge in [-0.2, -0.15) is 5.26 Å². The number of rotatable bonds is 5. The first kappa shape index (κ1) is 16.5. The summed E-state index contributed by atoms with van der Waals surface area (Å²) < 4.78 is 14.3. The van der Waals surface area contributed by atoms with Crippen LogP contribution in [0.4, 0.5) is 15.8 Å². The highest BCUT2D eigenvalue weighted by atomic mass is 35.5. The molecule has 9 heteroatoms. The van der Waals surface area contributed by atoms with Gasteiger partial charge in [-0.15, -0.1) is 0 Å². The Labute approximate surface area is 134 Å². The molecular formula is C14H10ClFN4O3. The van der Waals surface area contributed by atoms with Crippen molar-refractivity contribution in [2.24, 2.45) is 0 Å². The van der Waals surface area contributed by atoms with Crippen molar-refractivity contribution in [2.45, 2.75) is 6.54 Å². The highest BCUT2D eigenvalue weighted by molar-refractivity contribution is 6.31. The van der Waals surface area contributed by atoms with Gasteiger partial charge in [-0.3, -0.25) is 19.8 Å². The van der Waals surface area contributed by atoms with Crippen molar-refractivity contribution in [3.8, 4) is 6.19 Å². The third kappa shape index (κ3) is 3.84. The Kier molecular flexibility index (Phi) is 4.93. The first-order valence-corrected chi connectivity index (χ1v) is 6.77. The molecule has 1 aromatic carbocycles. The highest BCUT2D eigenvalue weighted by Crippen LogP contribution is 2.22. The zero-order chi connectivity index (χ0) is 17.0. The Morgan fingerprint density at radius 2 is 2.13 bits per heavy atom. The lowest BCUT2D eigenvalue weighted by molar-refractivity contribution is -0.385. The number of hydrogen-bond acceptors (Lipinski definition) is 5. The maximum absolute atomic E-state index is 13.1. The Balaban J connectivity index is 2.19. The van der Waals surface area contributed by atoms with Crippen LogP contribution in [-0.2, 0) is 6.54 Å². The van der Waals surface area contributed by atoms with E-state index in [1.54, 1.807) is 0 Å². The predicted octanol–water partition coefficient (Wildman–Crippen LogP) is 2.54. The normalized spacial score (nSPS) is 10.1. The first-order chi connectivity index (χ1) is 10.9. The number of anilines is 1. The molecule has 0 saturated heterocycles. The Hall–Kier alpha value is -2.92. The highest BCUT2D eigenvalue weighted by Gasteiger charge is 2.11. The predicted molar refractivity (Wildman–Crippen MR) is 81.7 cm³/mol. The standard InChI is InChI=1S/C14H10ClFN4O3/c15-12-7-10(1-3-13(12)16)19(9-17)6-5-18-8-11(20(22)23)2-4-14(18)21/h1-4,7-8H,5-6H2. The van der Waals surface area contributed by atoms with Gasteiger partial charge in [0.15, 0.2) is 6.19 Å². The van der Waals surface area contributed by atoms with Crippen LogP contribution in [0.15, 0.2) is 41.3 Å². The smallest absolute Gasteiger partial charge is 0.285 e. The SMILES string of the molecule is N#CN(CCn1cc([N+](=O)[O-])ccc1=O)c1ccc(F)c(Cl)c1. The van der Waals surface area contributed by atoms with E-state index < -0.39 is 16.3 Å². The second-order valence-electron chi connectivity index (χ2n) is 4.53. The Morgan fingerprint density at radius 1 is 1.39 bits per heavy atom. The molecule has 0 N–H and O–H groups in total. The molecule has 2 rings (SSSR count). The summed E-state index contributed by atoms with van der Waals surface area (Å²) >= 11 is 5.67. The van der Waals surface area contributed by atoms with Crippen LogP contribution in [-0.4, -0.2) is 16.0 Å². The summed E-state index contributed by atoms with van der Waals surface area (Å²) in [7, 11) is 0. The van der Waals surface area contributed by atoms with Gasteiger partial charge in [-0.05, 0) is 18.2 Å². The summed E-state index contributed by atoms with van der Waals surface area (Å²) in [6, 6.07) is 5.99. The van der Waals surface area contributed by atoms with Gasteiger partial charge in [0.25, 0.3) is 11.2 Å². The summed E-state index contributed by atoms with van der Waals surface area (Å²) in [5.74, 6) is -0.608. The molecule has 0 amide bonds. The van der Waals surface area contributed by atoms with Crippen molar-refractivity contribution >= 4 is 23.0 Å². The molecule has 0 fully saturated rings. The summed E-state index contributed by atoms with van der Waals surface area (Å²) in [5.41, 5.74) is -0.291. The number of hydrogen-bond donors (Lipinski definition) is 0. The van der Waals surface area contributed by atoms with E-state index in [2.05, 4.69) is 0 Å². The molecule has 1 heterocycles. The zero-order valence-corrected chi connectivity index (χ0v) is 12.4. The van der Waals surface area contributed by atoms with Crippen LogP contribution in [0.2, 0.25) is 5.02 Å². The van der Waals surface area contributed by atoms with E-state index in [1.807, 2.05) is 6.19 Å². The lowest BCUT2D eigenvalue weighted by Gasteiger charge is -2.16. The fourth-order valence-electron chi connectivity index (χ4n) is 1.90. The molecule has 0 aliphatic carbocycles. The third-order valence-electron chi connectivity index (χ3n) is 3.08. The molecule has 1 aromatic heterocycles. The molecule has 7 nitrogen and oxygen atoms in total. The van der Waals surface area contributed by atoms with E-state index in [0.29, 0.717) is 5.69 Å². The lowest BCUT2D eigenvalue weighted by Crippen LogP contribution is -2.27. The van der Waals surface area contributed by atoms with E-state index in [-0.39, 0.29) is 23.8 Å².